The molecule has 3 nitrogen and oxygen atoms in total. The molecule has 0 spiro atoms. The van der Waals surface area contributed by atoms with Gasteiger partial charge in [-0.15, -0.1) is 0 Å². The van der Waals surface area contributed by atoms with Gasteiger partial charge >= 0.3 is 0 Å². The van der Waals surface area contributed by atoms with E-state index in [4.69, 9.17) is 15.2 Å². The summed E-state index contributed by atoms with van der Waals surface area (Å²) < 4.78 is 11.4. The number of benzene rings is 2. The van der Waals surface area contributed by atoms with Crippen LogP contribution in [0.25, 0.3) is 0 Å². The molecule has 0 radical (unpaired) electrons. The second-order valence-electron chi connectivity index (χ2n) is 7.39. The molecular formula is C21H29NO2. The zero-order valence-electron chi connectivity index (χ0n) is 15.4. The number of methoxy groups -OCH3 is 1. The van der Waals surface area contributed by atoms with Gasteiger partial charge in [-0.05, 0) is 54.2 Å². The summed E-state index contributed by atoms with van der Waals surface area (Å²) in [6.45, 7) is 9.11. The summed E-state index contributed by atoms with van der Waals surface area (Å²) in [5.41, 5.74) is 9.58. The minimum absolute atomic E-state index is 0.136. The highest BCUT2D eigenvalue weighted by atomic mass is 16.5. The molecule has 0 aliphatic carbocycles. The minimum atomic E-state index is 0.136. The van der Waals surface area contributed by atoms with Gasteiger partial charge in [0.05, 0.1) is 7.11 Å². The van der Waals surface area contributed by atoms with Gasteiger partial charge in [0, 0.05) is 11.6 Å². The standard InChI is InChI=1S/C21H29NO2/c1-15(22)12-16-6-11-20(23-5)17(13-16)14-24-19-9-7-18(8-10-19)21(2,3)4/h6-11,13,15H,12,14,22H2,1-5H3. The molecule has 0 saturated heterocycles. The summed E-state index contributed by atoms with van der Waals surface area (Å²) in [5, 5.41) is 0. The fourth-order valence-electron chi connectivity index (χ4n) is 2.66. The smallest absolute Gasteiger partial charge is 0.125 e. The molecule has 0 saturated carbocycles. The van der Waals surface area contributed by atoms with Crippen LogP contribution in [0, 0.1) is 0 Å². The maximum absolute atomic E-state index is 5.95. The molecule has 3 heteroatoms. The Balaban J connectivity index is 2.10. The van der Waals surface area contributed by atoms with Gasteiger partial charge in [0.25, 0.3) is 0 Å². The Morgan fingerprint density at radius 1 is 1.04 bits per heavy atom. The Bertz CT molecular complexity index is 655. The van der Waals surface area contributed by atoms with E-state index in [1.165, 1.54) is 11.1 Å². The first-order valence-electron chi connectivity index (χ1n) is 8.44. The van der Waals surface area contributed by atoms with Crippen molar-refractivity contribution in [3.8, 4) is 11.5 Å². The maximum atomic E-state index is 5.95. The zero-order chi connectivity index (χ0) is 17.7. The van der Waals surface area contributed by atoms with Gasteiger partial charge in [-0.1, -0.05) is 39.0 Å². The van der Waals surface area contributed by atoms with E-state index in [-0.39, 0.29) is 11.5 Å². The van der Waals surface area contributed by atoms with Crippen molar-refractivity contribution in [2.75, 3.05) is 7.11 Å². The van der Waals surface area contributed by atoms with Crippen LogP contribution in [0.1, 0.15) is 44.4 Å². The molecule has 1 atom stereocenters. The van der Waals surface area contributed by atoms with E-state index in [0.29, 0.717) is 6.61 Å². The van der Waals surface area contributed by atoms with E-state index < -0.39 is 0 Å². The van der Waals surface area contributed by atoms with Gasteiger partial charge in [-0.2, -0.15) is 0 Å². The lowest BCUT2D eigenvalue weighted by atomic mass is 9.87. The predicted molar refractivity (Wildman–Crippen MR) is 99.8 cm³/mol. The molecule has 0 aliphatic heterocycles. The fraction of sp³-hybridized carbons (Fsp3) is 0.429. The molecule has 130 valence electrons. The van der Waals surface area contributed by atoms with E-state index in [0.717, 1.165) is 23.5 Å². The van der Waals surface area contributed by atoms with Crippen molar-refractivity contribution < 1.29 is 9.47 Å². The Morgan fingerprint density at radius 2 is 1.71 bits per heavy atom. The quantitative estimate of drug-likeness (QED) is 0.852. The van der Waals surface area contributed by atoms with Crippen molar-refractivity contribution >= 4 is 0 Å². The van der Waals surface area contributed by atoms with E-state index >= 15 is 0 Å². The average Bonchev–Trinajstić information content (AvgIpc) is 2.52. The van der Waals surface area contributed by atoms with Gasteiger partial charge < -0.3 is 15.2 Å². The first-order valence-corrected chi connectivity index (χ1v) is 8.44. The number of hydrogen-bond acceptors (Lipinski definition) is 3. The Kier molecular flexibility index (Phi) is 5.89. The van der Waals surface area contributed by atoms with Crippen molar-refractivity contribution in [3.63, 3.8) is 0 Å². The molecule has 2 N–H and O–H groups in total. The van der Waals surface area contributed by atoms with Crippen LogP contribution in [0.5, 0.6) is 11.5 Å². The van der Waals surface area contributed by atoms with E-state index in [1.807, 2.05) is 25.1 Å². The molecular weight excluding hydrogens is 298 g/mol. The first-order chi connectivity index (χ1) is 11.3. The number of ether oxygens (including phenoxy) is 2. The van der Waals surface area contributed by atoms with Crippen LogP contribution in [0.4, 0.5) is 0 Å². The van der Waals surface area contributed by atoms with Crippen molar-refractivity contribution in [1.29, 1.82) is 0 Å². The number of nitrogens with two attached hydrogens (primary N) is 1. The fourth-order valence-corrected chi connectivity index (χ4v) is 2.66. The van der Waals surface area contributed by atoms with Gasteiger partial charge in [-0.25, -0.2) is 0 Å². The molecule has 2 aromatic carbocycles. The lowest BCUT2D eigenvalue weighted by Crippen LogP contribution is -2.17. The van der Waals surface area contributed by atoms with Gasteiger partial charge in [0.2, 0.25) is 0 Å². The Hall–Kier alpha value is -2.00. The monoisotopic (exact) mass is 327 g/mol. The molecule has 2 rings (SSSR count). The van der Waals surface area contributed by atoms with Crippen molar-refractivity contribution in [2.45, 2.75) is 52.2 Å². The second-order valence-corrected chi connectivity index (χ2v) is 7.39. The van der Waals surface area contributed by atoms with E-state index in [2.05, 4.69) is 45.0 Å². The molecule has 0 heterocycles. The van der Waals surface area contributed by atoms with Gasteiger partial charge in [0.15, 0.2) is 0 Å². The SMILES string of the molecule is COc1ccc(CC(C)N)cc1COc1ccc(C(C)(C)C)cc1. The average molecular weight is 327 g/mol. The predicted octanol–water partition coefficient (Wildman–Crippen LogP) is 4.46. The van der Waals surface area contributed by atoms with Crippen LogP contribution < -0.4 is 15.2 Å². The summed E-state index contributed by atoms with van der Waals surface area (Å²) in [5.74, 6) is 1.71. The molecule has 24 heavy (non-hydrogen) atoms. The first kappa shape index (κ1) is 18.3. The van der Waals surface area contributed by atoms with E-state index in [1.54, 1.807) is 7.11 Å². The van der Waals surface area contributed by atoms with Crippen LogP contribution in [0.2, 0.25) is 0 Å². The normalized spacial score (nSPS) is 12.8. The summed E-state index contributed by atoms with van der Waals surface area (Å²) in [7, 11) is 1.68. The lowest BCUT2D eigenvalue weighted by molar-refractivity contribution is 0.296. The molecule has 2 aromatic rings. The maximum Gasteiger partial charge on any atom is 0.125 e. The van der Waals surface area contributed by atoms with Crippen LogP contribution in [-0.4, -0.2) is 13.2 Å². The van der Waals surface area contributed by atoms with Crippen LogP contribution in [0.3, 0.4) is 0 Å². The Morgan fingerprint density at radius 3 is 2.25 bits per heavy atom. The Labute approximate surface area is 145 Å². The topological polar surface area (TPSA) is 44.5 Å². The highest BCUT2D eigenvalue weighted by Crippen LogP contribution is 2.26. The zero-order valence-corrected chi connectivity index (χ0v) is 15.4. The molecule has 0 aliphatic rings. The number of hydrogen-bond donors (Lipinski definition) is 1. The van der Waals surface area contributed by atoms with Gasteiger partial charge in [0.1, 0.15) is 18.1 Å². The van der Waals surface area contributed by atoms with Crippen molar-refractivity contribution in [3.05, 3.63) is 59.2 Å². The molecule has 1 unspecified atom stereocenters. The largest absolute Gasteiger partial charge is 0.496 e. The highest BCUT2D eigenvalue weighted by Gasteiger charge is 2.13. The highest BCUT2D eigenvalue weighted by molar-refractivity contribution is 5.38. The third kappa shape index (κ3) is 5.00. The van der Waals surface area contributed by atoms with Crippen LogP contribution >= 0.6 is 0 Å². The van der Waals surface area contributed by atoms with Crippen LogP contribution in [0.15, 0.2) is 42.5 Å². The number of rotatable bonds is 6. The lowest BCUT2D eigenvalue weighted by Gasteiger charge is -2.19. The molecule has 0 aromatic heterocycles. The second kappa shape index (κ2) is 7.71. The molecule has 0 bridgehead atoms. The summed E-state index contributed by atoms with van der Waals surface area (Å²) in [4.78, 5) is 0. The summed E-state index contributed by atoms with van der Waals surface area (Å²) >= 11 is 0. The minimum Gasteiger partial charge on any atom is -0.496 e. The van der Waals surface area contributed by atoms with Crippen molar-refractivity contribution in [1.82, 2.24) is 0 Å². The third-order valence-electron chi connectivity index (χ3n) is 4.02. The molecule has 0 amide bonds. The van der Waals surface area contributed by atoms with Crippen LogP contribution in [-0.2, 0) is 18.4 Å². The van der Waals surface area contributed by atoms with Crippen molar-refractivity contribution in [2.24, 2.45) is 5.73 Å². The summed E-state index contributed by atoms with van der Waals surface area (Å²) in [6.07, 6.45) is 0.845. The van der Waals surface area contributed by atoms with Gasteiger partial charge in [-0.3, -0.25) is 0 Å². The summed E-state index contributed by atoms with van der Waals surface area (Å²) in [6, 6.07) is 14.6. The van der Waals surface area contributed by atoms with E-state index in [9.17, 15) is 0 Å². The third-order valence-corrected chi connectivity index (χ3v) is 4.02. The molecule has 0 fully saturated rings.